The van der Waals surface area contributed by atoms with Crippen molar-refractivity contribution in [2.45, 2.75) is 20.8 Å². The minimum atomic E-state index is -0.0118. The summed E-state index contributed by atoms with van der Waals surface area (Å²) < 4.78 is 5.13. The van der Waals surface area contributed by atoms with Crippen LogP contribution >= 0.6 is 0 Å². The van der Waals surface area contributed by atoms with Gasteiger partial charge in [-0.2, -0.15) is 0 Å². The Bertz CT molecular complexity index is 465. The zero-order valence-corrected chi connectivity index (χ0v) is 12.8. The Labute approximate surface area is 121 Å². The second-order valence-corrected chi connectivity index (χ2v) is 4.89. The smallest absolute Gasteiger partial charge is 0.238 e. The van der Waals surface area contributed by atoms with E-state index in [0.717, 1.165) is 24.5 Å². The van der Waals surface area contributed by atoms with Gasteiger partial charge in [0.05, 0.1) is 13.7 Å². The lowest BCUT2D eigenvalue weighted by Gasteiger charge is -2.18. The topological polar surface area (TPSA) is 41.6 Å². The van der Waals surface area contributed by atoms with Crippen LogP contribution in [0.3, 0.4) is 0 Å². The third-order valence-corrected chi connectivity index (χ3v) is 2.93. The van der Waals surface area contributed by atoms with Crippen LogP contribution < -0.4 is 10.1 Å². The lowest BCUT2D eigenvalue weighted by molar-refractivity contribution is -0.117. The molecule has 0 bridgehead atoms. The van der Waals surface area contributed by atoms with Gasteiger partial charge in [-0.05, 0) is 32.5 Å². The molecule has 20 heavy (non-hydrogen) atoms. The summed E-state index contributed by atoms with van der Waals surface area (Å²) in [5.41, 5.74) is 2.02. The molecule has 1 N–H and O–H groups in total. The molecule has 1 aromatic carbocycles. The Hall–Kier alpha value is -1.81. The van der Waals surface area contributed by atoms with Crippen molar-refractivity contribution in [1.82, 2.24) is 4.90 Å². The van der Waals surface area contributed by atoms with Crippen LogP contribution in [0.1, 0.15) is 20.8 Å². The van der Waals surface area contributed by atoms with E-state index in [1.807, 2.05) is 24.3 Å². The highest BCUT2D eigenvalue weighted by atomic mass is 16.5. The summed E-state index contributed by atoms with van der Waals surface area (Å²) in [5, 5.41) is 2.89. The van der Waals surface area contributed by atoms with Crippen LogP contribution in [0.15, 0.2) is 35.9 Å². The van der Waals surface area contributed by atoms with Crippen molar-refractivity contribution in [3.05, 3.63) is 35.9 Å². The summed E-state index contributed by atoms with van der Waals surface area (Å²) in [7, 11) is 1.61. The molecule has 0 radical (unpaired) electrons. The number of ether oxygens (including phenoxy) is 1. The fraction of sp³-hybridized carbons (Fsp3) is 0.438. The monoisotopic (exact) mass is 276 g/mol. The standard InChI is InChI=1S/C16H24N2O2/c1-5-18(10-9-13(2)3)12-16(19)17-14-7-6-8-15(11-14)20-4/h6-9,11H,5,10,12H2,1-4H3,(H,17,19). The summed E-state index contributed by atoms with van der Waals surface area (Å²) in [4.78, 5) is 14.1. The predicted molar refractivity (Wildman–Crippen MR) is 83.2 cm³/mol. The number of anilines is 1. The van der Waals surface area contributed by atoms with Gasteiger partial charge in [0.15, 0.2) is 0 Å². The summed E-state index contributed by atoms with van der Waals surface area (Å²) in [5.74, 6) is 0.724. The maximum Gasteiger partial charge on any atom is 0.238 e. The van der Waals surface area contributed by atoms with Gasteiger partial charge >= 0.3 is 0 Å². The number of likely N-dealkylation sites (N-methyl/N-ethyl adjacent to an activating group) is 1. The number of carbonyl (C=O) groups excluding carboxylic acids is 1. The lowest BCUT2D eigenvalue weighted by Crippen LogP contribution is -2.33. The molecule has 0 saturated heterocycles. The molecule has 0 aliphatic rings. The molecule has 0 saturated carbocycles. The van der Waals surface area contributed by atoms with E-state index in [2.05, 4.69) is 37.1 Å². The Morgan fingerprint density at radius 1 is 1.40 bits per heavy atom. The molecule has 0 spiro atoms. The van der Waals surface area contributed by atoms with Gasteiger partial charge in [-0.25, -0.2) is 0 Å². The average Bonchev–Trinajstić information content (AvgIpc) is 2.43. The first kappa shape index (κ1) is 16.2. The fourth-order valence-corrected chi connectivity index (χ4v) is 1.72. The second-order valence-electron chi connectivity index (χ2n) is 4.89. The van der Waals surface area contributed by atoms with Gasteiger partial charge in [-0.1, -0.05) is 24.6 Å². The molecular weight excluding hydrogens is 252 g/mol. The van der Waals surface area contributed by atoms with Gasteiger partial charge in [0, 0.05) is 18.3 Å². The molecule has 1 amide bonds. The maximum absolute atomic E-state index is 12.0. The van der Waals surface area contributed by atoms with Crippen LogP contribution in [0, 0.1) is 0 Å². The average molecular weight is 276 g/mol. The molecule has 1 aromatic rings. The summed E-state index contributed by atoms with van der Waals surface area (Å²) in [6, 6.07) is 7.37. The van der Waals surface area contributed by atoms with E-state index in [1.54, 1.807) is 7.11 Å². The van der Waals surface area contributed by atoms with Crippen LogP contribution in [0.25, 0.3) is 0 Å². The highest BCUT2D eigenvalue weighted by molar-refractivity contribution is 5.92. The largest absolute Gasteiger partial charge is 0.497 e. The predicted octanol–water partition coefficient (Wildman–Crippen LogP) is 2.92. The van der Waals surface area contributed by atoms with E-state index in [9.17, 15) is 4.79 Å². The van der Waals surface area contributed by atoms with Crippen molar-refractivity contribution in [2.24, 2.45) is 0 Å². The molecule has 0 fully saturated rings. The second kappa shape index (κ2) is 8.38. The highest BCUT2D eigenvalue weighted by Gasteiger charge is 2.08. The molecule has 110 valence electrons. The Morgan fingerprint density at radius 2 is 2.15 bits per heavy atom. The first-order chi connectivity index (χ1) is 9.55. The van der Waals surface area contributed by atoms with Crippen LogP contribution in [0.2, 0.25) is 0 Å². The van der Waals surface area contributed by atoms with Crippen LogP contribution in [-0.2, 0) is 4.79 Å². The van der Waals surface area contributed by atoms with Crippen molar-refractivity contribution in [2.75, 3.05) is 32.1 Å². The van der Waals surface area contributed by atoms with Gasteiger partial charge in [-0.3, -0.25) is 9.69 Å². The van der Waals surface area contributed by atoms with Gasteiger partial charge in [0.25, 0.3) is 0 Å². The SMILES string of the molecule is CCN(CC=C(C)C)CC(=O)Nc1cccc(OC)c1. The summed E-state index contributed by atoms with van der Waals surface area (Å²) in [6.07, 6.45) is 2.13. The first-order valence-electron chi connectivity index (χ1n) is 6.84. The van der Waals surface area contributed by atoms with Gasteiger partial charge < -0.3 is 10.1 Å². The Morgan fingerprint density at radius 3 is 2.75 bits per heavy atom. The molecule has 4 nitrogen and oxygen atoms in total. The number of methoxy groups -OCH3 is 1. The van der Waals surface area contributed by atoms with Gasteiger partial charge in [-0.15, -0.1) is 0 Å². The molecule has 0 heterocycles. The third-order valence-electron chi connectivity index (χ3n) is 2.93. The van der Waals surface area contributed by atoms with E-state index in [4.69, 9.17) is 4.74 Å². The van der Waals surface area contributed by atoms with E-state index in [-0.39, 0.29) is 5.91 Å². The number of nitrogens with zero attached hydrogens (tertiary/aromatic N) is 1. The number of allylic oxidation sites excluding steroid dienone is 1. The normalized spacial score (nSPS) is 10.2. The lowest BCUT2D eigenvalue weighted by atomic mass is 10.3. The maximum atomic E-state index is 12.0. The molecule has 0 aliphatic carbocycles. The van der Waals surface area contributed by atoms with E-state index < -0.39 is 0 Å². The zero-order chi connectivity index (χ0) is 15.0. The van der Waals surface area contributed by atoms with E-state index >= 15 is 0 Å². The number of benzene rings is 1. The van der Waals surface area contributed by atoms with Crippen LogP contribution in [0.4, 0.5) is 5.69 Å². The van der Waals surface area contributed by atoms with Gasteiger partial charge in [0.1, 0.15) is 5.75 Å². The molecule has 1 rings (SSSR count). The minimum absolute atomic E-state index is 0.0118. The van der Waals surface area contributed by atoms with Crippen molar-refractivity contribution < 1.29 is 9.53 Å². The van der Waals surface area contributed by atoms with Gasteiger partial charge in [0.2, 0.25) is 5.91 Å². The number of carbonyl (C=O) groups is 1. The first-order valence-corrected chi connectivity index (χ1v) is 6.84. The molecule has 0 aromatic heterocycles. The molecule has 4 heteroatoms. The molecule has 0 aliphatic heterocycles. The Kier molecular flexibility index (Phi) is 6.81. The molecular formula is C16H24N2O2. The number of nitrogens with one attached hydrogen (secondary N) is 1. The number of amides is 1. The van der Waals surface area contributed by atoms with Crippen molar-refractivity contribution in [3.8, 4) is 5.75 Å². The highest BCUT2D eigenvalue weighted by Crippen LogP contribution is 2.16. The third kappa shape index (κ3) is 5.89. The van der Waals surface area contributed by atoms with E-state index in [0.29, 0.717) is 6.54 Å². The van der Waals surface area contributed by atoms with Crippen LogP contribution in [0.5, 0.6) is 5.75 Å². The number of rotatable bonds is 7. The number of hydrogen-bond acceptors (Lipinski definition) is 3. The van der Waals surface area contributed by atoms with Crippen LogP contribution in [-0.4, -0.2) is 37.6 Å². The Balaban J connectivity index is 2.54. The molecule has 0 atom stereocenters. The summed E-state index contributed by atoms with van der Waals surface area (Å²) in [6.45, 7) is 8.20. The van der Waals surface area contributed by atoms with Crippen molar-refractivity contribution in [1.29, 1.82) is 0 Å². The number of hydrogen-bond donors (Lipinski definition) is 1. The minimum Gasteiger partial charge on any atom is -0.497 e. The van der Waals surface area contributed by atoms with Crippen molar-refractivity contribution >= 4 is 11.6 Å². The van der Waals surface area contributed by atoms with Crippen molar-refractivity contribution in [3.63, 3.8) is 0 Å². The van der Waals surface area contributed by atoms with E-state index in [1.165, 1.54) is 5.57 Å². The fourth-order valence-electron chi connectivity index (χ4n) is 1.72. The summed E-state index contributed by atoms with van der Waals surface area (Å²) >= 11 is 0. The molecule has 0 unspecified atom stereocenters. The zero-order valence-electron chi connectivity index (χ0n) is 12.8. The quantitative estimate of drug-likeness (QED) is 0.779.